The zero-order chi connectivity index (χ0) is 18.8. The normalized spacial score (nSPS) is 16.9. The summed E-state index contributed by atoms with van der Waals surface area (Å²) >= 11 is 1.70. The number of fused-ring (bicyclic) bond motifs is 1. The Balaban J connectivity index is 1.26. The van der Waals surface area contributed by atoms with Crippen LogP contribution in [-0.2, 0) is 27.4 Å². The highest BCUT2D eigenvalue weighted by molar-refractivity contribution is 7.10. The minimum Gasteiger partial charge on any atom is -0.369 e. The summed E-state index contributed by atoms with van der Waals surface area (Å²) in [7, 11) is 0. The molecule has 0 aromatic carbocycles. The lowest BCUT2D eigenvalue weighted by molar-refractivity contribution is -0.140. The number of carbonyl (C=O) groups is 2. The Labute approximate surface area is 161 Å². The summed E-state index contributed by atoms with van der Waals surface area (Å²) in [5.41, 5.74) is 3.12. The van der Waals surface area contributed by atoms with Crippen molar-refractivity contribution in [1.82, 2.24) is 9.88 Å². The first kappa shape index (κ1) is 17.9. The van der Waals surface area contributed by atoms with Crippen LogP contribution in [0.1, 0.15) is 28.0 Å². The molecule has 140 valence electrons. The van der Waals surface area contributed by atoms with Gasteiger partial charge in [-0.15, -0.1) is 11.3 Å². The fourth-order valence-electron chi connectivity index (χ4n) is 3.11. The number of aryl methyl sites for hydroxylation is 2. The summed E-state index contributed by atoms with van der Waals surface area (Å²) in [6, 6.07) is 4.06. The molecule has 2 amide bonds. The van der Waals surface area contributed by atoms with Gasteiger partial charge in [0.05, 0.1) is 12.7 Å². The van der Waals surface area contributed by atoms with E-state index in [0.717, 1.165) is 11.1 Å². The van der Waals surface area contributed by atoms with Crippen molar-refractivity contribution in [2.45, 2.75) is 32.5 Å². The molecule has 2 aromatic rings. The number of rotatable bonds is 5. The van der Waals surface area contributed by atoms with Crippen molar-refractivity contribution in [2.24, 2.45) is 0 Å². The van der Waals surface area contributed by atoms with Gasteiger partial charge >= 0.3 is 0 Å². The summed E-state index contributed by atoms with van der Waals surface area (Å²) in [5.74, 6) is 0.601. The van der Waals surface area contributed by atoms with Gasteiger partial charge in [-0.1, -0.05) is 0 Å². The van der Waals surface area contributed by atoms with E-state index in [1.807, 2.05) is 6.07 Å². The number of ether oxygens (including phenoxy) is 1. The number of amides is 2. The number of likely N-dealkylation sites (tertiary alicyclic amines) is 1. The van der Waals surface area contributed by atoms with Gasteiger partial charge in [0.15, 0.2) is 0 Å². The third kappa shape index (κ3) is 4.09. The van der Waals surface area contributed by atoms with Crippen LogP contribution >= 0.6 is 11.3 Å². The largest absolute Gasteiger partial charge is 0.369 e. The Hall–Kier alpha value is -2.51. The van der Waals surface area contributed by atoms with Crippen molar-refractivity contribution < 1.29 is 14.3 Å². The van der Waals surface area contributed by atoms with E-state index in [2.05, 4.69) is 28.7 Å². The second-order valence-electron chi connectivity index (χ2n) is 6.86. The fourth-order valence-corrected chi connectivity index (χ4v) is 3.93. The summed E-state index contributed by atoms with van der Waals surface area (Å²) in [5, 5.41) is 4.82. The lowest BCUT2D eigenvalue weighted by Crippen LogP contribution is -2.54. The van der Waals surface area contributed by atoms with Gasteiger partial charge in [-0.3, -0.25) is 9.59 Å². The molecule has 2 aliphatic rings. The third-order valence-electron chi connectivity index (χ3n) is 4.86. The highest BCUT2D eigenvalue weighted by atomic mass is 32.1. The minimum atomic E-state index is -0.0202. The number of aromatic nitrogens is 1. The molecule has 0 unspecified atom stereocenters. The van der Waals surface area contributed by atoms with Gasteiger partial charge in [0, 0.05) is 36.7 Å². The lowest BCUT2D eigenvalue weighted by Gasteiger charge is -2.38. The second kappa shape index (κ2) is 7.62. The van der Waals surface area contributed by atoms with Gasteiger partial charge in [0.25, 0.3) is 0 Å². The molecule has 4 rings (SSSR count). The van der Waals surface area contributed by atoms with Crippen molar-refractivity contribution in [2.75, 3.05) is 18.4 Å². The molecule has 1 fully saturated rings. The van der Waals surface area contributed by atoms with Gasteiger partial charge < -0.3 is 15.0 Å². The first-order valence-electron chi connectivity index (χ1n) is 8.99. The zero-order valence-electron chi connectivity index (χ0n) is 15.1. The van der Waals surface area contributed by atoms with E-state index in [1.165, 1.54) is 10.4 Å². The number of thiophene rings is 1. The molecular formula is C20H21N3O3S. The van der Waals surface area contributed by atoms with Crippen molar-refractivity contribution in [3.8, 4) is 0 Å². The topological polar surface area (TPSA) is 71.5 Å². The zero-order valence-corrected chi connectivity index (χ0v) is 15.9. The van der Waals surface area contributed by atoms with Crippen LogP contribution < -0.4 is 5.32 Å². The van der Waals surface area contributed by atoms with E-state index in [-0.39, 0.29) is 17.9 Å². The maximum atomic E-state index is 12.3. The van der Waals surface area contributed by atoms with Crippen LogP contribution in [0.5, 0.6) is 0 Å². The average molecular weight is 383 g/mol. The summed E-state index contributed by atoms with van der Waals surface area (Å²) in [6.07, 6.45) is 6.27. The van der Waals surface area contributed by atoms with Crippen molar-refractivity contribution >= 4 is 35.0 Å². The van der Waals surface area contributed by atoms with E-state index in [1.54, 1.807) is 34.6 Å². The predicted molar refractivity (Wildman–Crippen MR) is 104 cm³/mol. The summed E-state index contributed by atoms with van der Waals surface area (Å²) in [4.78, 5) is 30.9. The van der Waals surface area contributed by atoms with Gasteiger partial charge in [0.2, 0.25) is 11.8 Å². The molecule has 1 saturated heterocycles. The van der Waals surface area contributed by atoms with Gasteiger partial charge in [-0.05, 0) is 53.6 Å². The Morgan fingerprint density at radius 2 is 2.30 bits per heavy atom. The number of pyridine rings is 1. The monoisotopic (exact) mass is 383 g/mol. The van der Waals surface area contributed by atoms with Crippen molar-refractivity contribution in [3.63, 3.8) is 0 Å². The van der Waals surface area contributed by atoms with Crippen LogP contribution in [0.25, 0.3) is 6.08 Å². The molecular weight excluding hydrogens is 362 g/mol. The van der Waals surface area contributed by atoms with Gasteiger partial charge in [0.1, 0.15) is 5.82 Å². The van der Waals surface area contributed by atoms with Crippen LogP contribution in [0.2, 0.25) is 0 Å². The minimum absolute atomic E-state index is 0.00253. The van der Waals surface area contributed by atoms with E-state index in [0.29, 0.717) is 38.4 Å². The maximum Gasteiger partial charge on any atom is 0.246 e. The summed E-state index contributed by atoms with van der Waals surface area (Å²) < 4.78 is 5.87. The standard InChI is InChI=1S/C20H21N3O3S/c1-13-6-7-27-17(13)12-26-16-10-23(11-16)19(25)5-2-14-8-15-3-4-18(24)22-20(15)21-9-14/h2,5-9,16H,3-4,10-12H2,1H3,(H,21,22,24). The van der Waals surface area contributed by atoms with Gasteiger partial charge in [-0.2, -0.15) is 0 Å². The smallest absolute Gasteiger partial charge is 0.246 e. The van der Waals surface area contributed by atoms with Crippen LogP contribution in [0.3, 0.4) is 0 Å². The van der Waals surface area contributed by atoms with Crippen LogP contribution in [-0.4, -0.2) is 40.9 Å². The van der Waals surface area contributed by atoms with E-state index in [9.17, 15) is 9.59 Å². The molecule has 0 radical (unpaired) electrons. The molecule has 6 nitrogen and oxygen atoms in total. The van der Waals surface area contributed by atoms with E-state index < -0.39 is 0 Å². The Kier molecular flexibility index (Phi) is 5.05. The fraction of sp³-hybridized carbons (Fsp3) is 0.350. The Bertz CT molecular complexity index is 900. The molecule has 27 heavy (non-hydrogen) atoms. The van der Waals surface area contributed by atoms with Crippen molar-refractivity contribution in [1.29, 1.82) is 0 Å². The molecule has 0 bridgehead atoms. The molecule has 1 N–H and O–H groups in total. The first-order valence-corrected chi connectivity index (χ1v) is 9.87. The Morgan fingerprint density at radius 3 is 3.07 bits per heavy atom. The molecule has 7 heteroatoms. The third-order valence-corrected chi connectivity index (χ3v) is 5.86. The lowest BCUT2D eigenvalue weighted by atomic mass is 10.0. The molecule has 0 spiro atoms. The number of hydrogen-bond acceptors (Lipinski definition) is 5. The second-order valence-corrected chi connectivity index (χ2v) is 7.86. The molecule has 2 aliphatic heterocycles. The number of carbonyl (C=O) groups excluding carboxylic acids is 2. The highest BCUT2D eigenvalue weighted by Crippen LogP contribution is 2.22. The number of nitrogens with zero attached hydrogens (tertiary/aromatic N) is 2. The first-order chi connectivity index (χ1) is 13.1. The quantitative estimate of drug-likeness (QED) is 0.806. The van der Waals surface area contributed by atoms with Crippen LogP contribution in [0.15, 0.2) is 29.8 Å². The van der Waals surface area contributed by atoms with Crippen LogP contribution in [0, 0.1) is 6.92 Å². The molecule has 4 heterocycles. The van der Waals surface area contributed by atoms with Gasteiger partial charge in [-0.25, -0.2) is 4.98 Å². The number of anilines is 1. The SMILES string of the molecule is Cc1ccsc1COC1CN(C(=O)C=Cc2cnc3c(c2)CCC(=O)N3)C1. The average Bonchev–Trinajstić information content (AvgIpc) is 3.03. The van der Waals surface area contributed by atoms with Crippen LogP contribution in [0.4, 0.5) is 5.82 Å². The molecule has 0 atom stereocenters. The molecule has 2 aromatic heterocycles. The van der Waals surface area contributed by atoms with Crippen molar-refractivity contribution in [3.05, 3.63) is 51.4 Å². The number of hydrogen-bond donors (Lipinski definition) is 1. The van der Waals surface area contributed by atoms with E-state index in [4.69, 9.17) is 4.74 Å². The molecule has 0 aliphatic carbocycles. The van der Waals surface area contributed by atoms with E-state index >= 15 is 0 Å². The Morgan fingerprint density at radius 1 is 1.44 bits per heavy atom. The predicted octanol–water partition coefficient (Wildman–Crippen LogP) is 2.78. The highest BCUT2D eigenvalue weighted by Gasteiger charge is 2.30. The molecule has 0 saturated carbocycles. The number of nitrogens with one attached hydrogen (secondary N) is 1. The summed E-state index contributed by atoms with van der Waals surface area (Å²) in [6.45, 7) is 3.95. The maximum absolute atomic E-state index is 12.3.